The summed E-state index contributed by atoms with van der Waals surface area (Å²) in [6.45, 7) is 8.00. The van der Waals surface area contributed by atoms with E-state index in [9.17, 15) is 14.4 Å². The predicted molar refractivity (Wildman–Crippen MR) is 189 cm³/mol. The van der Waals surface area contributed by atoms with Crippen molar-refractivity contribution < 1.29 is 19.1 Å². The maximum Gasteiger partial charge on any atom is 0.258 e. The number of aryl methyl sites for hydroxylation is 2. The summed E-state index contributed by atoms with van der Waals surface area (Å²) in [5.41, 5.74) is 4.06. The summed E-state index contributed by atoms with van der Waals surface area (Å²) in [6.07, 6.45) is 7.44. The van der Waals surface area contributed by atoms with Crippen LogP contribution in [-0.2, 0) is 11.2 Å². The van der Waals surface area contributed by atoms with E-state index in [2.05, 4.69) is 22.2 Å². The number of aromatic nitrogens is 2. The number of ether oxygens (including phenoxy) is 1. The van der Waals surface area contributed by atoms with Crippen LogP contribution in [0.25, 0.3) is 5.69 Å². The molecular weight excluding hydrogens is 604 g/mol. The van der Waals surface area contributed by atoms with Gasteiger partial charge in [0.15, 0.2) is 0 Å². The molecule has 3 aromatic carbocycles. The summed E-state index contributed by atoms with van der Waals surface area (Å²) in [7, 11) is 3.82. The molecule has 0 saturated carbocycles. The zero-order valence-corrected chi connectivity index (χ0v) is 28.4. The first-order chi connectivity index (χ1) is 23.2. The molecule has 1 saturated heterocycles. The number of hydrogen-bond donors (Lipinski definition) is 1. The van der Waals surface area contributed by atoms with Gasteiger partial charge in [-0.3, -0.25) is 14.4 Å². The lowest BCUT2D eigenvalue weighted by Gasteiger charge is -2.32. The van der Waals surface area contributed by atoms with Crippen LogP contribution in [-0.4, -0.2) is 84.0 Å². The maximum absolute atomic E-state index is 13.5. The Morgan fingerprint density at radius 3 is 2.44 bits per heavy atom. The van der Waals surface area contributed by atoms with Crippen LogP contribution in [0.1, 0.15) is 64.7 Å². The Bertz CT molecular complexity index is 1710. The Morgan fingerprint density at radius 1 is 0.938 bits per heavy atom. The van der Waals surface area contributed by atoms with Crippen LogP contribution in [0.3, 0.4) is 0 Å². The monoisotopic (exact) mass is 650 g/mol. The van der Waals surface area contributed by atoms with Gasteiger partial charge in [0.05, 0.1) is 23.5 Å². The summed E-state index contributed by atoms with van der Waals surface area (Å²) >= 11 is 0. The molecule has 0 bridgehead atoms. The Kier molecular flexibility index (Phi) is 11.6. The molecule has 5 rings (SSSR count). The molecule has 1 aromatic heterocycles. The first-order valence-electron chi connectivity index (χ1n) is 16.8. The van der Waals surface area contributed by atoms with Gasteiger partial charge >= 0.3 is 0 Å². The summed E-state index contributed by atoms with van der Waals surface area (Å²) in [6, 6.07) is 20.1. The number of carbonyl (C=O) groups excluding carboxylic acids is 3. The maximum atomic E-state index is 13.5. The van der Waals surface area contributed by atoms with Gasteiger partial charge in [-0.15, -0.1) is 0 Å². The van der Waals surface area contributed by atoms with E-state index in [-0.39, 0.29) is 17.7 Å². The Balaban J connectivity index is 1.15. The minimum Gasteiger partial charge on any atom is -0.491 e. The second-order valence-corrected chi connectivity index (χ2v) is 12.3. The highest BCUT2D eigenvalue weighted by molar-refractivity contribution is 6.08. The quantitative estimate of drug-likeness (QED) is 0.179. The molecule has 0 spiro atoms. The highest BCUT2D eigenvalue weighted by Gasteiger charge is 2.20. The average molecular weight is 651 g/mol. The van der Waals surface area contributed by atoms with Crippen LogP contribution >= 0.6 is 0 Å². The fraction of sp³-hybridized carbons (Fsp3) is 0.368. The molecule has 0 aliphatic carbocycles. The SMILES string of the molecule is CCc1nccn1-c1ccccc1C(=O)Nc1ccc(C(=O)N(C)c2ccc(C)cc2OCCCCCC(=O)N2CCN(C)CC2)cc1. The van der Waals surface area contributed by atoms with Crippen molar-refractivity contribution in [2.45, 2.75) is 46.0 Å². The molecule has 0 unspecified atom stereocenters. The molecule has 1 N–H and O–H groups in total. The number of nitrogens with one attached hydrogen (secondary N) is 1. The fourth-order valence-electron chi connectivity index (χ4n) is 5.85. The Hall–Kier alpha value is -4.96. The molecular formula is C38H46N6O4. The molecule has 3 amide bonds. The van der Waals surface area contributed by atoms with Gasteiger partial charge < -0.3 is 29.3 Å². The van der Waals surface area contributed by atoms with Crippen molar-refractivity contribution in [3.8, 4) is 11.4 Å². The smallest absolute Gasteiger partial charge is 0.258 e. The van der Waals surface area contributed by atoms with Gasteiger partial charge in [-0.05, 0) is 87.3 Å². The average Bonchev–Trinajstić information content (AvgIpc) is 3.59. The third kappa shape index (κ3) is 8.49. The number of rotatable bonds is 13. The lowest BCUT2D eigenvalue weighted by Crippen LogP contribution is -2.47. The number of unbranched alkanes of at least 4 members (excludes halogenated alkanes) is 2. The van der Waals surface area contributed by atoms with Crippen LogP contribution < -0.4 is 15.0 Å². The third-order valence-electron chi connectivity index (χ3n) is 8.76. The van der Waals surface area contributed by atoms with Crippen molar-refractivity contribution in [2.24, 2.45) is 0 Å². The molecule has 4 aromatic rings. The van der Waals surface area contributed by atoms with E-state index < -0.39 is 0 Å². The number of nitrogens with zero attached hydrogens (tertiary/aromatic N) is 5. The second-order valence-electron chi connectivity index (χ2n) is 12.3. The third-order valence-corrected chi connectivity index (χ3v) is 8.76. The fourth-order valence-corrected chi connectivity index (χ4v) is 5.85. The molecule has 1 aliphatic rings. The lowest BCUT2D eigenvalue weighted by atomic mass is 10.1. The molecule has 48 heavy (non-hydrogen) atoms. The normalized spacial score (nSPS) is 13.3. The number of para-hydroxylation sites is 1. The predicted octanol–water partition coefficient (Wildman–Crippen LogP) is 5.99. The van der Waals surface area contributed by atoms with E-state index in [0.717, 1.165) is 68.9 Å². The van der Waals surface area contributed by atoms with Gasteiger partial charge in [-0.2, -0.15) is 0 Å². The van der Waals surface area contributed by atoms with E-state index in [1.807, 2.05) is 65.9 Å². The summed E-state index contributed by atoms with van der Waals surface area (Å²) < 4.78 is 8.09. The van der Waals surface area contributed by atoms with Crippen LogP contribution in [0.5, 0.6) is 5.75 Å². The molecule has 0 radical (unpaired) electrons. The summed E-state index contributed by atoms with van der Waals surface area (Å²) in [5, 5.41) is 2.96. The minimum atomic E-state index is -0.249. The second kappa shape index (κ2) is 16.2. The van der Waals surface area contributed by atoms with Crippen molar-refractivity contribution in [3.63, 3.8) is 0 Å². The van der Waals surface area contributed by atoms with E-state index >= 15 is 0 Å². The lowest BCUT2D eigenvalue weighted by molar-refractivity contribution is -0.132. The zero-order chi connectivity index (χ0) is 34.0. The number of hydrogen-bond acceptors (Lipinski definition) is 6. The largest absolute Gasteiger partial charge is 0.491 e. The highest BCUT2D eigenvalue weighted by atomic mass is 16.5. The van der Waals surface area contributed by atoms with Crippen LogP contribution in [0.2, 0.25) is 0 Å². The van der Waals surface area contributed by atoms with Crippen LogP contribution in [0.15, 0.2) is 79.1 Å². The number of piperazine rings is 1. The summed E-state index contributed by atoms with van der Waals surface area (Å²) in [5.74, 6) is 1.31. The van der Waals surface area contributed by atoms with E-state index in [1.165, 1.54) is 0 Å². The molecule has 10 nitrogen and oxygen atoms in total. The Labute approximate surface area is 283 Å². The number of benzene rings is 3. The first kappa shape index (κ1) is 34.4. The van der Waals surface area contributed by atoms with E-state index in [0.29, 0.717) is 41.3 Å². The topological polar surface area (TPSA) is 100 Å². The minimum absolute atomic E-state index is 0.193. The van der Waals surface area contributed by atoms with Crippen molar-refractivity contribution in [1.29, 1.82) is 0 Å². The van der Waals surface area contributed by atoms with Gasteiger partial charge in [-0.25, -0.2) is 4.98 Å². The number of carbonyl (C=O) groups is 3. The van der Waals surface area contributed by atoms with E-state index in [1.54, 1.807) is 48.5 Å². The number of anilines is 2. The summed E-state index contributed by atoms with van der Waals surface area (Å²) in [4.78, 5) is 49.5. The van der Waals surface area contributed by atoms with Crippen LogP contribution in [0, 0.1) is 6.92 Å². The Morgan fingerprint density at radius 2 is 1.69 bits per heavy atom. The first-order valence-corrected chi connectivity index (χ1v) is 16.8. The van der Waals surface area contributed by atoms with Gasteiger partial charge in [0, 0.05) is 69.7 Å². The molecule has 2 heterocycles. The van der Waals surface area contributed by atoms with Gasteiger partial charge in [0.2, 0.25) is 5.91 Å². The molecule has 10 heteroatoms. The van der Waals surface area contributed by atoms with Crippen molar-refractivity contribution in [3.05, 3.63) is 102 Å². The van der Waals surface area contributed by atoms with Gasteiger partial charge in [0.25, 0.3) is 11.8 Å². The zero-order valence-electron chi connectivity index (χ0n) is 28.4. The van der Waals surface area contributed by atoms with Crippen molar-refractivity contribution >= 4 is 29.1 Å². The molecule has 1 fully saturated rings. The number of imidazole rings is 1. The number of amides is 3. The highest BCUT2D eigenvalue weighted by Crippen LogP contribution is 2.30. The number of likely N-dealkylation sites (N-methyl/N-ethyl adjacent to an activating group) is 1. The molecule has 0 atom stereocenters. The molecule has 1 aliphatic heterocycles. The van der Waals surface area contributed by atoms with Crippen molar-refractivity contribution in [2.75, 3.05) is 57.1 Å². The standard InChI is InChI=1S/C38H46N6O4/c1-5-35-39-20-21-44(35)32-12-9-8-11-31(32)37(46)40-30-17-15-29(16-18-30)38(47)42(4)33-19-14-28(2)27-34(33)48-26-10-6-7-13-36(45)43-24-22-41(3)23-25-43/h8-9,11-12,14-21,27H,5-7,10,13,22-26H2,1-4H3,(H,40,46). The van der Waals surface area contributed by atoms with Crippen molar-refractivity contribution in [1.82, 2.24) is 19.4 Å². The van der Waals surface area contributed by atoms with Crippen LogP contribution in [0.4, 0.5) is 11.4 Å². The van der Waals surface area contributed by atoms with E-state index in [4.69, 9.17) is 4.74 Å². The van der Waals surface area contributed by atoms with Gasteiger partial charge in [-0.1, -0.05) is 25.1 Å². The van der Waals surface area contributed by atoms with Gasteiger partial charge in [0.1, 0.15) is 11.6 Å². The molecule has 252 valence electrons.